The van der Waals surface area contributed by atoms with Crippen LogP contribution in [-0.2, 0) is 15.0 Å². The maximum atomic E-state index is 11.6. The van der Waals surface area contributed by atoms with Crippen LogP contribution in [0.3, 0.4) is 0 Å². The first-order chi connectivity index (χ1) is 8.42. The number of aliphatic carboxylic acids is 1. The molecule has 2 rings (SSSR count). The molecule has 0 aromatic heterocycles. The van der Waals surface area contributed by atoms with Crippen molar-refractivity contribution in [1.82, 2.24) is 4.31 Å². The van der Waals surface area contributed by atoms with Crippen LogP contribution in [0.25, 0.3) is 0 Å². The van der Waals surface area contributed by atoms with Crippen LogP contribution in [0, 0.1) is 0 Å². The van der Waals surface area contributed by atoms with Crippen LogP contribution >= 0.6 is 0 Å². The molecule has 1 heterocycles. The molecule has 0 spiro atoms. The highest BCUT2D eigenvalue weighted by Gasteiger charge is 2.28. The highest BCUT2D eigenvalue weighted by atomic mass is 32.2. The van der Waals surface area contributed by atoms with E-state index in [9.17, 15) is 13.2 Å². The van der Waals surface area contributed by atoms with Crippen molar-refractivity contribution in [2.24, 2.45) is 4.40 Å². The van der Waals surface area contributed by atoms with E-state index in [1.807, 2.05) is 0 Å². The fraction of sp³-hybridized carbons (Fsp3) is 0.0909. The van der Waals surface area contributed by atoms with Gasteiger partial charge >= 0.3 is 16.2 Å². The number of carboxylic acids is 1. The van der Waals surface area contributed by atoms with Crippen LogP contribution in [0.2, 0.25) is 0 Å². The Morgan fingerprint density at radius 1 is 1.28 bits per heavy atom. The molecule has 18 heavy (non-hydrogen) atoms. The summed E-state index contributed by atoms with van der Waals surface area (Å²) < 4.78 is 27.6. The number of benzene rings is 1. The second kappa shape index (κ2) is 4.26. The molecule has 0 saturated carbocycles. The summed E-state index contributed by atoms with van der Waals surface area (Å²) in [5.41, 5.74) is 0.238. The lowest BCUT2D eigenvalue weighted by atomic mass is 10.0. The van der Waals surface area contributed by atoms with Crippen molar-refractivity contribution in [2.75, 3.05) is 7.05 Å². The van der Waals surface area contributed by atoms with Crippen LogP contribution < -0.4 is 0 Å². The third kappa shape index (κ3) is 2.12. The molecule has 6 nitrogen and oxygen atoms in total. The lowest BCUT2D eigenvalue weighted by Crippen LogP contribution is -2.29. The van der Waals surface area contributed by atoms with E-state index in [2.05, 4.69) is 4.40 Å². The van der Waals surface area contributed by atoms with E-state index in [0.717, 1.165) is 10.5 Å². The molecule has 1 aliphatic heterocycles. The zero-order valence-corrected chi connectivity index (χ0v) is 10.3. The van der Waals surface area contributed by atoms with Crippen LogP contribution in [0.1, 0.15) is 5.56 Å². The first-order valence-electron chi connectivity index (χ1n) is 5.00. The van der Waals surface area contributed by atoms with E-state index < -0.39 is 16.2 Å². The zero-order valence-electron chi connectivity index (χ0n) is 9.44. The van der Waals surface area contributed by atoms with E-state index in [1.165, 1.54) is 7.05 Å². The summed E-state index contributed by atoms with van der Waals surface area (Å²) in [6, 6.07) is 8.33. The fourth-order valence-electron chi connectivity index (χ4n) is 1.50. The average molecular weight is 266 g/mol. The van der Waals surface area contributed by atoms with Crippen molar-refractivity contribution in [3.05, 3.63) is 47.7 Å². The van der Waals surface area contributed by atoms with E-state index in [0.29, 0.717) is 5.56 Å². The maximum absolute atomic E-state index is 11.6. The predicted octanol–water partition coefficient (Wildman–Crippen LogP) is 0.634. The molecule has 7 heteroatoms. The number of carboxylic acid groups (broad SMARTS) is 1. The molecule has 0 aliphatic carbocycles. The molecule has 0 atom stereocenters. The SMILES string of the molecule is CN1C=C(C(=O)O)C(c2ccccc2)=NS1(=O)=O. The van der Waals surface area contributed by atoms with Gasteiger partial charge in [0.2, 0.25) is 0 Å². The van der Waals surface area contributed by atoms with Gasteiger partial charge in [-0.25, -0.2) is 4.79 Å². The van der Waals surface area contributed by atoms with Gasteiger partial charge in [0, 0.05) is 18.8 Å². The van der Waals surface area contributed by atoms with Crippen molar-refractivity contribution < 1.29 is 18.3 Å². The van der Waals surface area contributed by atoms with Gasteiger partial charge in [-0.05, 0) is 0 Å². The van der Waals surface area contributed by atoms with Gasteiger partial charge in [-0.1, -0.05) is 30.3 Å². The first kappa shape index (κ1) is 12.3. The number of rotatable bonds is 2. The number of carbonyl (C=O) groups is 1. The molecule has 94 valence electrons. The highest BCUT2D eigenvalue weighted by molar-refractivity contribution is 7.88. The Hall–Kier alpha value is -2.15. The van der Waals surface area contributed by atoms with Gasteiger partial charge in [-0.3, -0.25) is 4.31 Å². The zero-order chi connectivity index (χ0) is 13.3. The third-order valence-corrected chi connectivity index (χ3v) is 3.66. The van der Waals surface area contributed by atoms with Gasteiger partial charge in [0.15, 0.2) is 0 Å². The molecule has 1 aromatic rings. The summed E-state index contributed by atoms with van der Waals surface area (Å²) in [6.45, 7) is 0. The normalized spacial score (nSPS) is 17.9. The predicted molar refractivity (Wildman–Crippen MR) is 65.4 cm³/mol. The molecular weight excluding hydrogens is 256 g/mol. The molecule has 0 unspecified atom stereocenters. The van der Waals surface area contributed by atoms with Crippen molar-refractivity contribution in [1.29, 1.82) is 0 Å². The molecule has 0 radical (unpaired) electrons. The van der Waals surface area contributed by atoms with Gasteiger partial charge in [0.1, 0.15) is 11.3 Å². The van der Waals surface area contributed by atoms with E-state index in [-0.39, 0.29) is 11.3 Å². The van der Waals surface area contributed by atoms with Crippen molar-refractivity contribution in [2.45, 2.75) is 0 Å². The second-order valence-corrected chi connectivity index (χ2v) is 5.30. The monoisotopic (exact) mass is 266 g/mol. The van der Waals surface area contributed by atoms with Crippen molar-refractivity contribution in [3.63, 3.8) is 0 Å². The Bertz CT molecular complexity index is 647. The molecule has 1 aliphatic rings. The van der Waals surface area contributed by atoms with Gasteiger partial charge in [-0.15, -0.1) is 4.40 Å². The van der Waals surface area contributed by atoms with E-state index >= 15 is 0 Å². The lowest BCUT2D eigenvalue weighted by molar-refractivity contribution is -0.132. The smallest absolute Gasteiger partial charge is 0.344 e. The number of hydrogen-bond acceptors (Lipinski definition) is 3. The fourth-order valence-corrected chi connectivity index (χ4v) is 2.30. The Labute approximate surface area is 104 Å². The summed E-state index contributed by atoms with van der Waals surface area (Å²) in [5.74, 6) is -1.22. The van der Waals surface area contributed by atoms with Gasteiger partial charge in [0.05, 0.1) is 0 Å². The quantitative estimate of drug-likeness (QED) is 0.850. The van der Waals surface area contributed by atoms with Gasteiger partial charge in [0.25, 0.3) is 0 Å². The summed E-state index contributed by atoms with van der Waals surface area (Å²) >= 11 is 0. The van der Waals surface area contributed by atoms with Gasteiger partial charge in [-0.2, -0.15) is 8.42 Å². The number of hydrogen-bond donors (Lipinski definition) is 1. The third-order valence-electron chi connectivity index (χ3n) is 2.41. The molecule has 0 fully saturated rings. The Morgan fingerprint density at radius 2 is 1.89 bits per heavy atom. The highest BCUT2D eigenvalue weighted by Crippen LogP contribution is 2.19. The van der Waals surface area contributed by atoms with Gasteiger partial charge < -0.3 is 5.11 Å². The van der Waals surface area contributed by atoms with Crippen LogP contribution in [0.5, 0.6) is 0 Å². The number of nitrogens with zero attached hydrogens (tertiary/aromatic N) is 2. The van der Waals surface area contributed by atoms with E-state index in [1.54, 1.807) is 30.3 Å². The largest absolute Gasteiger partial charge is 0.478 e. The Balaban J connectivity index is 2.62. The van der Waals surface area contributed by atoms with Crippen LogP contribution in [0.4, 0.5) is 0 Å². The molecule has 0 bridgehead atoms. The summed E-state index contributed by atoms with van der Waals surface area (Å²) in [7, 11) is -2.60. The Kier molecular flexibility index (Phi) is 2.92. The molecule has 0 amide bonds. The van der Waals surface area contributed by atoms with E-state index in [4.69, 9.17) is 5.11 Å². The minimum atomic E-state index is -3.84. The minimum absolute atomic E-state index is 0.0544. The van der Waals surface area contributed by atoms with Crippen LogP contribution in [0.15, 0.2) is 46.5 Å². The second-order valence-electron chi connectivity index (χ2n) is 3.65. The van der Waals surface area contributed by atoms with Crippen molar-refractivity contribution in [3.8, 4) is 0 Å². The molecular formula is C11H10N2O4S. The maximum Gasteiger partial charge on any atom is 0.344 e. The minimum Gasteiger partial charge on any atom is -0.478 e. The standard InChI is InChI=1S/C11H10N2O4S/c1-13-7-9(11(14)15)10(12-18(13,16)17)8-5-3-2-4-6-8/h2-7H,1H3,(H,14,15). The Morgan fingerprint density at radius 3 is 2.44 bits per heavy atom. The molecule has 1 aromatic carbocycles. The van der Waals surface area contributed by atoms with Crippen LogP contribution in [-0.4, -0.2) is 36.6 Å². The summed E-state index contributed by atoms with van der Waals surface area (Å²) in [4.78, 5) is 11.1. The molecule has 1 N–H and O–H groups in total. The topological polar surface area (TPSA) is 87.0 Å². The lowest BCUT2D eigenvalue weighted by Gasteiger charge is -2.19. The van der Waals surface area contributed by atoms with Crippen molar-refractivity contribution >= 4 is 21.9 Å². The average Bonchev–Trinajstić information content (AvgIpc) is 2.33. The summed E-state index contributed by atoms with van der Waals surface area (Å²) in [6.07, 6.45) is 1.05. The first-order valence-corrected chi connectivity index (χ1v) is 6.40. The summed E-state index contributed by atoms with van der Waals surface area (Å²) in [5, 5.41) is 9.09. The molecule has 0 saturated heterocycles.